The van der Waals surface area contributed by atoms with Crippen LogP contribution in [0.1, 0.15) is 19.4 Å². The maximum Gasteiger partial charge on any atom is 0.138 e. The third-order valence-corrected chi connectivity index (χ3v) is 3.57. The smallest absolute Gasteiger partial charge is 0.138 e. The summed E-state index contributed by atoms with van der Waals surface area (Å²) in [5, 5.41) is 15.2. The number of ether oxygens (including phenoxy) is 1. The van der Waals surface area contributed by atoms with Crippen molar-refractivity contribution >= 4 is 31.9 Å². The van der Waals surface area contributed by atoms with E-state index in [-0.39, 0.29) is 12.7 Å². The summed E-state index contributed by atoms with van der Waals surface area (Å²) in [6, 6.07) is 4.06. The average Bonchev–Trinajstić information content (AvgIpc) is 2.37. The van der Waals surface area contributed by atoms with E-state index in [9.17, 15) is 0 Å². The molecule has 0 atom stereocenters. The van der Waals surface area contributed by atoms with Gasteiger partial charge in [-0.15, -0.1) is 0 Å². The van der Waals surface area contributed by atoms with E-state index < -0.39 is 0 Å². The highest BCUT2D eigenvalue weighted by Gasteiger charge is 2.11. The van der Waals surface area contributed by atoms with Gasteiger partial charge >= 0.3 is 0 Å². The fourth-order valence-electron chi connectivity index (χ4n) is 1.72. The predicted molar refractivity (Wildman–Crippen MR) is 89.3 cm³/mol. The van der Waals surface area contributed by atoms with Crippen LogP contribution < -0.4 is 15.4 Å². The maximum atomic E-state index is 8.67. The molecular weight excluding hydrogens is 388 g/mol. The number of aliphatic hydroxyl groups is 1. The Morgan fingerprint density at radius 2 is 1.85 bits per heavy atom. The third-order valence-electron chi connectivity index (χ3n) is 2.52. The summed E-state index contributed by atoms with van der Waals surface area (Å²) in [7, 11) is 0. The number of rotatable bonds is 9. The van der Waals surface area contributed by atoms with Crippen molar-refractivity contribution in [2.24, 2.45) is 0 Å². The van der Waals surface area contributed by atoms with Gasteiger partial charge in [-0.1, -0.05) is 15.9 Å². The van der Waals surface area contributed by atoms with Crippen molar-refractivity contribution in [1.29, 1.82) is 0 Å². The lowest BCUT2D eigenvalue weighted by Crippen LogP contribution is -2.29. The third kappa shape index (κ3) is 6.54. The summed E-state index contributed by atoms with van der Waals surface area (Å²) in [6.07, 6.45) is 0.137. The molecule has 20 heavy (non-hydrogen) atoms. The second kappa shape index (κ2) is 9.73. The molecule has 0 bridgehead atoms. The molecule has 1 aromatic carbocycles. The zero-order valence-electron chi connectivity index (χ0n) is 11.9. The lowest BCUT2D eigenvalue weighted by molar-refractivity contribution is 0.238. The minimum atomic E-state index is 0.137. The first-order valence-electron chi connectivity index (χ1n) is 6.71. The van der Waals surface area contributed by atoms with Crippen molar-refractivity contribution in [2.45, 2.75) is 26.5 Å². The zero-order valence-corrected chi connectivity index (χ0v) is 15.1. The van der Waals surface area contributed by atoms with Crippen molar-refractivity contribution in [3.8, 4) is 5.75 Å². The van der Waals surface area contributed by atoms with Gasteiger partial charge in [-0.25, -0.2) is 0 Å². The molecule has 0 aliphatic heterocycles. The Kier molecular flexibility index (Phi) is 8.72. The highest BCUT2D eigenvalue weighted by Crippen LogP contribution is 2.33. The highest BCUT2D eigenvalue weighted by atomic mass is 79.9. The number of benzene rings is 1. The first-order chi connectivity index (χ1) is 9.54. The van der Waals surface area contributed by atoms with Crippen molar-refractivity contribution in [2.75, 3.05) is 26.2 Å². The van der Waals surface area contributed by atoms with Crippen LogP contribution in [-0.4, -0.2) is 37.5 Å². The molecule has 0 amide bonds. The Balaban J connectivity index is 2.58. The van der Waals surface area contributed by atoms with E-state index in [2.05, 4.69) is 48.6 Å². The van der Waals surface area contributed by atoms with E-state index >= 15 is 0 Å². The van der Waals surface area contributed by atoms with Gasteiger partial charge in [0.25, 0.3) is 0 Å². The molecule has 0 spiro atoms. The summed E-state index contributed by atoms with van der Waals surface area (Å²) in [4.78, 5) is 0. The van der Waals surface area contributed by atoms with Crippen molar-refractivity contribution < 1.29 is 9.84 Å². The molecule has 3 N–H and O–H groups in total. The number of hydrogen-bond donors (Lipinski definition) is 3. The maximum absolute atomic E-state index is 8.67. The number of nitrogens with one attached hydrogen (secondary N) is 2. The van der Waals surface area contributed by atoms with Crippen LogP contribution in [0, 0.1) is 0 Å². The molecule has 114 valence electrons. The van der Waals surface area contributed by atoms with Gasteiger partial charge < -0.3 is 20.5 Å². The Labute approximate surface area is 137 Å². The fraction of sp³-hybridized carbons (Fsp3) is 0.571. The van der Waals surface area contributed by atoms with Gasteiger partial charge in [-0.2, -0.15) is 0 Å². The molecule has 0 aliphatic rings. The molecule has 1 rings (SSSR count). The van der Waals surface area contributed by atoms with E-state index in [0.29, 0.717) is 6.54 Å². The van der Waals surface area contributed by atoms with Crippen LogP contribution in [0.4, 0.5) is 0 Å². The van der Waals surface area contributed by atoms with Gasteiger partial charge in [-0.3, -0.25) is 0 Å². The van der Waals surface area contributed by atoms with Gasteiger partial charge in [-0.05, 0) is 41.9 Å². The van der Waals surface area contributed by atoms with Crippen LogP contribution >= 0.6 is 31.9 Å². The van der Waals surface area contributed by atoms with Crippen LogP contribution in [0.15, 0.2) is 21.1 Å². The van der Waals surface area contributed by atoms with E-state index in [1.807, 2.05) is 19.9 Å². The molecule has 0 fully saturated rings. The number of aliphatic hydroxyl groups excluding tert-OH is 1. The molecule has 0 saturated carbocycles. The van der Waals surface area contributed by atoms with E-state index in [4.69, 9.17) is 9.84 Å². The number of halogens is 2. The fourth-order valence-corrected chi connectivity index (χ4v) is 3.12. The van der Waals surface area contributed by atoms with Gasteiger partial charge in [0.15, 0.2) is 0 Å². The molecule has 0 radical (unpaired) electrons. The van der Waals surface area contributed by atoms with E-state index in [1.165, 1.54) is 0 Å². The molecule has 0 aliphatic carbocycles. The summed E-state index contributed by atoms with van der Waals surface area (Å²) in [5.41, 5.74) is 1.11. The second-order valence-corrected chi connectivity index (χ2v) is 6.46. The van der Waals surface area contributed by atoms with Gasteiger partial charge in [0.1, 0.15) is 5.75 Å². The predicted octanol–water partition coefficient (Wildman–Crippen LogP) is 2.67. The highest BCUT2D eigenvalue weighted by molar-refractivity contribution is 9.11. The molecule has 0 unspecified atom stereocenters. The lowest BCUT2D eigenvalue weighted by Gasteiger charge is -2.17. The molecule has 0 heterocycles. The van der Waals surface area contributed by atoms with Gasteiger partial charge in [0.05, 0.1) is 17.2 Å². The lowest BCUT2D eigenvalue weighted by atomic mass is 10.2. The zero-order chi connectivity index (χ0) is 15.0. The molecular formula is C14H22Br2N2O2. The SMILES string of the molecule is CC(C)Oc1c(Br)cc(Br)cc1CNCCNCCO. The first-order valence-corrected chi connectivity index (χ1v) is 8.30. The largest absolute Gasteiger partial charge is 0.489 e. The van der Waals surface area contributed by atoms with Gasteiger partial charge in [0.2, 0.25) is 0 Å². The Bertz CT molecular complexity index is 414. The van der Waals surface area contributed by atoms with Crippen LogP contribution in [0.2, 0.25) is 0 Å². The van der Waals surface area contributed by atoms with Crippen molar-refractivity contribution in [3.05, 3.63) is 26.6 Å². The summed E-state index contributed by atoms with van der Waals surface area (Å²) in [6.45, 7) is 7.24. The van der Waals surface area contributed by atoms with E-state index in [0.717, 1.165) is 39.9 Å². The van der Waals surface area contributed by atoms with Crippen LogP contribution in [0.5, 0.6) is 5.75 Å². The minimum absolute atomic E-state index is 0.137. The first kappa shape index (κ1) is 17.9. The molecule has 6 heteroatoms. The Morgan fingerprint density at radius 1 is 1.15 bits per heavy atom. The minimum Gasteiger partial charge on any atom is -0.489 e. The molecule has 0 aromatic heterocycles. The summed E-state index contributed by atoms with van der Waals surface area (Å²) >= 11 is 7.05. The summed E-state index contributed by atoms with van der Waals surface area (Å²) < 4.78 is 7.85. The standard InChI is InChI=1S/C14H22Br2N2O2/c1-10(2)20-14-11(7-12(15)8-13(14)16)9-18-4-3-17-5-6-19/h7-8,10,17-19H,3-6,9H2,1-2H3. The second-order valence-electron chi connectivity index (χ2n) is 4.69. The normalized spacial score (nSPS) is 11.1. The topological polar surface area (TPSA) is 53.5 Å². The van der Waals surface area contributed by atoms with Crippen molar-refractivity contribution in [1.82, 2.24) is 10.6 Å². The average molecular weight is 410 g/mol. The van der Waals surface area contributed by atoms with Gasteiger partial charge in [0, 0.05) is 36.2 Å². The van der Waals surface area contributed by atoms with E-state index in [1.54, 1.807) is 0 Å². The van der Waals surface area contributed by atoms with Crippen LogP contribution in [0.25, 0.3) is 0 Å². The number of hydrogen-bond acceptors (Lipinski definition) is 4. The molecule has 1 aromatic rings. The Morgan fingerprint density at radius 3 is 2.50 bits per heavy atom. The van der Waals surface area contributed by atoms with Crippen LogP contribution in [-0.2, 0) is 6.54 Å². The van der Waals surface area contributed by atoms with Crippen LogP contribution in [0.3, 0.4) is 0 Å². The monoisotopic (exact) mass is 408 g/mol. The quantitative estimate of drug-likeness (QED) is 0.549. The Hall–Kier alpha value is -0.140. The molecule has 4 nitrogen and oxygen atoms in total. The van der Waals surface area contributed by atoms with Crippen molar-refractivity contribution in [3.63, 3.8) is 0 Å². The summed E-state index contributed by atoms with van der Waals surface area (Å²) in [5.74, 6) is 0.888. The molecule has 0 saturated heterocycles.